The van der Waals surface area contributed by atoms with Crippen molar-refractivity contribution in [2.45, 2.75) is 26.4 Å². The van der Waals surface area contributed by atoms with Gasteiger partial charge in [-0.1, -0.05) is 13.8 Å². The quantitative estimate of drug-likeness (QED) is 0.796. The lowest BCUT2D eigenvalue weighted by Gasteiger charge is -2.21. The topological polar surface area (TPSA) is 31.4 Å². The summed E-state index contributed by atoms with van der Waals surface area (Å²) in [5.41, 5.74) is 1.28. The zero-order valence-corrected chi connectivity index (χ0v) is 12.3. The van der Waals surface area contributed by atoms with Crippen LogP contribution in [0.25, 0.3) is 0 Å². The van der Waals surface area contributed by atoms with Gasteiger partial charge in [0.1, 0.15) is 5.82 Å². The Balaban J connectivity index is 2.57. The third-order valence-electron chi connectivity index (χ3n) is 2.80. The molecule has 0 saturated heterocycles. The summed E-state index contributed by atoms with van der Waals surface area (Å²) in [5, 5.41) is 3.42. The molecule has 4 nitrogen and oxygen atoms in total. The van der Waals surface area contributed by atoms with E-state index in [0.29, 0.717) is 6.04 Å². The average molecular weight is 250 g/mol. The van der Waals surface area contributed by atoms with Gasteiger partial charge in [0.25, 0.3) is 0 Å². The first-order valence-electron chi connectivity index (χ1n) is 6.53. The minimum absolute atomic E-state index is 0.507. The van der Waals surface area contributed by atoms with Crippen LogP contribution in [0.5, 0.6) is 0 Å². The molecular weight excluding hydrogens is 224 g/mol. The maximum absolute atomic E-state index is 4.42. The Hall–Kier alpha value is -1.13. The second-order valence-corrected chi connectivity index (χ2v) is 5.28. The summed E-state index contributed by atoms with van der Waals surface area (Å²) in [7, 11) is 6.26. The van der Waals surface area contributed by atoms with E-state index in [2.05, 4.69) is 67.2 Å². The summed E-state index contributed by atoms with van der Waals surface area (Å²) < 4.78 is 0. The number of aromatic nitrogens is 1. The molecule has 0 amide bonds. The van der Waals surface area contributed by atoms with Gasteiger partial charge in [0, 0.05) is 38.9 Å². The van der Waals surface area contributed by atoms with Gasteiger partial charge in [0.05, 0.1) is 0 Å². The lowest BCUT2D eigenvalue weighted by molar-refractivity contribution is 0.416. The molecule has 0 aliphatic rings. The number of pyridine rings is 1. The van der Waals surface area contributed by atoms with Crippen molar-refractivity contribution in [2.75, 3.05) is 39.1 Å². The molecule has 102 valence electrons. The van der Waals surface area contributed by atoms with Gasteiger partial charge in [-0.25, -0.2) is 4.98 Å². The maximum Gasteiger partial charge on any atom is 0.128 e. The second-order valence-electron chi connectivity index (χ2n) is 5.28. The number of anilines is 1. The summed E-state index contributed by atoms with van der Waals surface area (Å²) in [4.78, 5) is 8.80. The van der Waals surface area contributed by atoms with Gasteiger partial charge in [0.2, 0.25) is 0 Å². The molecule has 1 N–H and O–H groups in total. The fourth-order valence-corrected chi connectivity index (χ4v) is 1.57. The fourth-order valence-electron chi connectivity index (χ4n) is 1.57. The molecule has 0 aliphatic carbocycles. The van der Waals surface area contributed by atoms with Crippen LogP contribution in [0.1, 0.15) is 19.4 Å². The van der Waals surface area contributed by atoms with E-state index in [4.69, 9.17) is 0 Å². The molecule has 0 saturated carbocycles. The van der Waals surface area contributed by atoms with Crippen LogP contribution < -0.4 is 10.2 Å². The molecule has 0 aromatic carbocycles. The Bertz CT molecular complexity index is 349. The molecule has 4 heteroatoms. The first-order chi connectivity index (χ1) is 8.49. The third kappa shape index (κ3) is 5.47. The minimum Gasteiger partial charge on any atom is -0.358 e. The Kier molecular flexibility index (Phi) is 6.09. The van der Waals surface area contributed by atoms with E-state index in [9.17, 15) is 0 Å². The smallest absolute Gasteiger partial charge is 0.128 e. The number of hydrogen-bond donors (Lipinski definition) is 1. The highest BCUT2D eigenvalue weighted by atomic mass is 15.2. The van der Waals surface area contributed by atoms with E-state index >= 15 is 0 Å². The molecule has 1 aromatic rings. The zero-order chi connectivity index (χ0) is 13.5. The number of nitrogens with one attached hydrogen (secondary N) is 1. The van der Waals surface area contributed by atoms with Crippen LogP contribution >= 0.6 is 0 Å². The molecule has 0 spiro atoms. The van der Waals surface area contributed by atoms with Crippen LogP contribution in [0.15, 0.2) is 18.3 Å². The van der Waals surface area contributed by atoms with Gasteiger partial charge in [-0.15, -0.1) is 0 Å². The second kappa shape index (κ2) is 7.34. The van der Waals surface area contributed by atoms with Crippen LogP contribution in [0.4, 0.5) is 5.82 Å². The number of hydrogen-bond acceptors (Lipinski definition) is 4. The molecular formula is C14H26N4. The number of likely N-dealkylation sites (N-methyl/N-ethyl adjacent to an activating group) is 2. The van der Waals surface area contributed by atoms with Crippen LogP contribution in [-0.2, 0) is 6.54 Å². The molecule has 0 bridgehead atoms. The van der Waals surface area contributed by atoms with E-state index in [1.807, 2.05) is 6.20 Å². The standard InChI is InChI=1S/C14H26N4/c1-12(2)16-11-13-6-7-15-14(10-13)18(5)9-8-17(3)4/h6-7,10,12,16H,8-9,11H2,1-5H3. The predicted octanol–water partition coefficient (Wildman–Crippen LogP) is 1.58. The van der Waals surface area contributed by atoms with Crippen LogP contribution in [0.2, 0.25) is 0 Å². The molecule has 0 aliphatic heterocycles. The summed E-state index contributed by atoms with van der Waals surface area (Å²) in [6, 6.07) is 4.73. The Morgan fingerprint density at radius 1 is 1.22 bits per heavy atom. The Morgan fingerprint density at radius 2 is 1.94 bits per heavy atom. The fraction of sp³-hybridized carbons (Fsp3) is 0.643. The van der Waals surface area contributed by atoms with Crippen molar-refractivity contribution in [1.82, 2.24) is 15.2 Å². The van der Waals surface area contributed by atoms with Gasteiger partial charge in [-0.3, -0.25) is 0 Å². The largest absolute Gasteiger partial charge is 0.358 e. The van der Waals surface area contributed by atoms with Gasteiger partial charge in [0.15, 0.2) is 0 Å². The summed E-state index contributed by atoms with van der Waals surface area (Å²) in [6.07, 6.45) is 1.89. The minimum atomic E-state index is 0.507. The molecule has 1 heterocycles. The van der Waals surface area contributed by atoms with Gasteiger partial charge >= 0.3 is 0 Å². The van der Waals surface area contributed by atoms with E-state index in [1.165, 1.54) is 5.56 Å². The summed E-state index contributed by atoms with van der Waals surface area (Å²) >= 11 is 0. The molecule has 0 radical (unpaired) electrons. The SMILES string of the molecule is CC(C)NCc1ccnc(N(C)CCN(C)C)c1. The maximum atomic E-state index is 4.42. The monoisotopic (exact) mass is 250 g/mol. The van der Waals surface area contributed by atoms with Crippen LogP contribution in [-0.4, -0.2) is 50.2 Å². The van der Waals surface area contributed by atoms with Crippen LogP contribution in [0.3, 0.4) is 0 Å². The average Bonchev–Trinajstić information content (AvgIpc) is 2.33. The molecule has 1 aromatic heterocycles. The number of nitrogens with zero attached hydrogens (tertiary/aromatic N) is 3. The van der Waals surface area contributed by atoms with E-state index in [1.54, 1.807) is 0 Å². The first-order valence-corrected chi connectivity index (χ1v) is 6.53. The lowest BCUT2D eigenvalue weighted by atomic mass is 10.2. The van der Waals surface area contributed by atoms with Crippen molar-refractivity contribution in [1.29, 1.82) is 0 Å². The highest BCUT2D eigenvalue weighted by molar-refractivity contribution is 5.40. The van der Waals surface area contributed by atoms with Crippen molar-refractivity contribution < 1.29 is 0 Å². The Morgan fingerprint density at radius 3 is 2.56 bits per heavy atom. The van der Waals surface area contributed by atoms with Gasteiger partial charge < -0.3 is 15.1 Å². The molecule has 0 unspecified atom stereocenters. The van der Waals surface area contributed by atoms with E-state index < -0.39 is 0 Å². The van der Waals surface area contributed by atoms with Crippen molar-refractivity contribution in [2.24, 2.45) is 0 Å². The molecule has 1 rings (SSSR count). The van der Waals surface area contributed by atoms with Gasteiger partial charge in [-0.05, 0) is 31.8 Å². The van der Waals surface area contributed by atoms with Crippen molar-refractivity contribution in [3.8, 4) is 0 Å². The normalized spacial score (nSPS) is 11.3. The molecule has 0 atom stereocenters. The number of rotatable bonds is 7. The van der Waals surface area contributed by atoms with Crippen molar-refractivity contribution >= 4 is 5.82 Å². The summed E-state index contributed by atoms with van der Waals surface area (Å²) in [6.45, 7) is 7.24. The van der Waals surface area contributed by atoms with E-state index in [-0.39, 0.29) is 0 Å². The lowest BCUT2D eigenvalue weighted by Crippen LogP contribution is -2.29. The molecule has 18 heavy (non-hydrogen) atoms. The predicted molar refractivity (Wildman–Crippen MR) is 78.0 cm³/mol. The zero-order valence-electron chi connectivity index (χ0n) is 12.3. The van der Waals surface area contributed by atoms with E-state index in [0.717, 1.165) is 25.5 Å². The van der Waals surface area contributed by atoms with Crippen LogP contribution in [0, 0.1) is 0 Å². The van der Waals surface area contributed by atoms with Gasteiger partial charge in [-0.2, -0.15) is 0 Å². The summed E-state index contributed by atoms with van der Waals surface area (Å²) in [5.74, 6) is 1.04. The van der Waals surface area contributed by atoms with Crippen molar-refractivity contribution in [3.05, 3.63) is 23.9 Å². The third-order valence-corrected chi connectivity index (χ3v) is 2.80. The highest BCUT2D eigenvalue weighted by Gasteiger charge is 2.04. The highest BCUT2D eigenvalue weighted by Crippen LogP contribution is 2.11. The first kappa shape index (κ1) is 14.9. The Labute approximate surface area is 111 Å². The molecule has 0 fully saturated rings. The van der Waals surface area contributed by atoms with Crippen molar-refractivity contribution in [3.63, 3.8) is 0 Å².